The molecule has 0 heterocycles. The van der Waals surface area contributed by atoms with Crippen molar-refractivity contribution in [1.29, 1.82) is 10.5 Å². The summed E-state index contributed by atoms with van der Waals surface area (Å²) >= 11 is 0. The molecule has 114 valence electrons. The Morgan fingerprint density at radius 1 is 1.14 bits per heavy atom. The molecule has 22 heavy (non-hydrogen) atoms. The summed E-state index contributed by atoms with van der Waals surface area (Å²) in [5.41, 5.74) is 0.618. The molecule has 0 aliphatic heterocycles. The molecule has 0 radical (unpaired) electrons. The lowest BCUT2D eigenvalue weighted by molar-refractivity contribution is -0.145. The summed E-state index contributed by atoms with van der Waals surface area (Å²) in [4.78, 5) is 11.3. The Morgan fingerprint density at radius 3 is 2.45 bits per heavy atom. The molecule has 1 aromatic rings. The minimum atomic E-state index is -0.467. The van der Waals surface area contributed by atoms with Crippen LogP contribution in [0.25, 0.3) is 6.08 Å². The van der Waals surface area contributed by atoms with E-state index in [1.807, 2.05) is 6.92 Å². The number of benzene rings is 1. The fourth-order valence-electron chi connectivity index (χ4n) is 1.60. The Balaban J connectivity index is 2.96. The van der Waals surface area contributed by atoms with Gasteiger partial charge in [0.2, 0.25) is 0 Å². The third kappa shape index (κ3) is 5.18. The number of carbonyl (C=O) groups excluding carboxylic acids is 1. The van der Waals surface area contributed by atoms with Crippen molar-refractivity contribution in [3.8, 4) is 23.6 Å². The Hall–Kier alpha value is -2.99. The lowest BCUT2D eigenvalue weighted by Gasteiger charge is -2.12. The number of carbonyl (C=O) groups is 1. The zero-order valence-electron chi connectivity index (χ0n) is 12.5. The fourth-order valence-corrected chi connectivity index (χ4v) is 1.60. The first-order chi connectivity index (χ1) is 10.6. The Labute approximate surface area is 129 Å². The molecule has 1 rings (SSSR count). The quantitative estimate of drug-likeness (QED) is 0.567. The molecule has 6 heteroatoms. The second kappa shape index (κ2) is 9.04. The van der Waals surface area contributed by atoms with Crippen molar-refractivity contribution in [2.75, 3.05) is 19.8 Å². The molecule has 0 atom stereocenters. The van der Waals surface area contributed by atoms with Gasteiger partial charge in [-0.3, -0.25) is 0 Å². The van der Waals surface area contributed by atoms with E-state index in [9.17, 15) is 4.79 Å². The molecule has 0 spiro atoms. The van der Waals surface area contributed by atoms with Gasteiger partial charge in [0.15, 0.2) is 18.1 Å². The van der Waals surface area contributed by atoms with Crippen molar-refractivity contribution in [2.45, 2.75) is 13.8 Å². The molecule has 0 aromatic heterocycles. The number of allylic oxidation sites excluding steroid dienone is 1. The van der Waals surface area contributed by atoms with Gasteiger partial charge in [0, 0.05) is 0 Å². The number of hydrogen-bond acceptors (Lipinski definition) is 6. The van der Waals surface area contributed by atoms with E-state index in [0.717, 1.165) is 0 Å². The van der Waals surface area contributed by atoms with Crippen LogP contribution in [0.3, 0.4) is 0 Å². The monoisotopic (exact) mass is 300 g/mol. The molecule has 0 N–H and O–H groups in total. The van der Waals surface area contributed by atoms with Crippen LogP contribution in [0.1, 0.15) is 19.4 Å². The zero-order chi connectivity index (χ0) is 16.4. The Morgan fingerprint density at radius 2 is 1.86 bits per heavy atom. The molecule has 0 aliphatic carbocycles. The van der Waals surface area contributed by atoms with E-state index in [-0.39, 0.29) is 18.8 Å². The summed E-state index contributed by atoms with van der Waals surface area (Å²) in [7, 11) is 0. The van der Waals surface area contributed by atoms with E-state index in [1.54, 1.807) is 37.3 Å². The van der Waals surface area contributed by atoms with Crippen LogP contribution in [0.15, 0.2) is 23.8 Å². The molecule has 0 fully saturated rings. The first-order valence-corrected chi connectivity index (χ1v) is 6.71. The Kier molecular flexibility index (Phi) is 7.01. The second-order valence-electron chi connectivity index (χ2n) is 4.01. The molecule has 0 bridgehead atoms. The molecular formula is C16H16N2O4. The number of esters is 1. The van der Waals surface area contributed by atoms with Crippen LogP contribution in [0.4, 0.5) is 0 Å². The predicted octanol–water partition coefficient (Wildman–Crippen LogP) is 2.46. The third-order valence-electron chi connectivity index (χ3n) is 2.47. The predicted molar refractivity (Wildman–Crippen MR) is 78.9 cm³/mol. The summed E-state index contributed by atoms with van der Waals surface area (Å²) in [6.45, 7) is 4.01. The number of ether oxygens (including phenoxy) is 3. The molecule has 6 nitrogen and oxygen atoms in total. The van der Waals surface area contributed by atoms with E-state index in [4.69, 9.17) is 24.7 Å². The third-order valence-corrected chi connectivity index (χ3v) is 2.47. The second-order valence-corrected chi connectivity index (χ2v) is 4.01. The average Bonchev–Trinajstić information content (AvgIpc) is 2.52. The summed E-state index contributed by atoms with van der Waals surface area (Å²) < 4.78 is 15.6. The lowest BCUT2D eigenvalue weighted by atomic mass is 10.1. The SMILES string of the molecule is CCOC(=O)COc1ccc(C=C(C#N)C#N)cc1OCC. The van der Waals surface area contributed by atoms with Crippen LogP contribution >= 0.6 is 0 Å². The standard InChI is InChI=1S/C16H16N2O4/c1-3-20-15-8-12(7-13(9-17)10-18)5-6-14(15)22-11-16(19)21-4-2/h5-8H,3-4,11H2,1-2H3. The minimum absolute atomic E-state index is 0.0114. The summed E-state index contributed by atoms with van der Waals surface area (Å²) in [6.07, 6.45) is 1.44. The van der Waals surface area contributed by atoms with Crippen LogP contribution in [0, 0.1) is 22.7 Å². The van der Waals surface area contributed by atoms with Gasteiger partial charge < -0.3 is 14.2 Å². The number of nitriles is 2. The van der Waals surface area contributed by atoms with Crippen LogP contribution in [-0.2, 0) is 9.53 Å². The van der Waals surface area contributed by atoms with E-state index in [0.29, 0.717) is 23.7 Å². The highest BCUT2D eigenvalue weighted by Gasteiger charge is 2.09. The minimum Gasteiger partial charge on any atom is -0.490 e. The summed E-state index contributed by atoms with van der Waals surface area (Å²) in [5.74, 6) is 0.350. The van der Waals surface area contributed by atoms with Crippen LogP contribution in [-0.4, -0.2) is 25.8 Å². The van der Waals surface area contributed by atoms with Crippen molar-refractivity contribution in [3.63, 3.8) is 0 Å². The first kappa shape index (κ1) is 17.1. The average molecular weight is 300 g/mol. The van der Waals surface area contributed by atoms with Crippen LogP contribution in [0.5, 0.6) is 11.5 Å². The maximum atomic E-state index is 11.3. The highest BCUT2D eigenvalue weighted by molar-refractivity contribution is 5.71. The maximum Gasteiger partial charge on any atom is 0.344 e. The highest BCUT2D eigenvalue weighted by Crippen LogP contribution is 2.29. The van der Waals surface area contributed by atoms with E-state index in [2.05, 4.69) is 0 Å². The van der Waals surface area contributed by atoms with E-state index >= 15 is 0 Å². The largest absolute Gasteiger partial charge is 0.490 e. The number of nitrogens with zero attached hydrogens (tertiary/aromatic N) is 2. The van der Waals surface area contributed by atoms with Gasteiger partial charge in [-0.25, -0.2) is 4.79 Å². The Bertz CT molecular complexity index is 623. The number of rotatable bonds is 7. The number of hydrogen-bond donors (Lipinski definition) is 0. The smallest absolute Gasteiger partial charge is 0.344 e. The molecule has 0 saturated carbocycles. The summed E-state index contributed by atoms with van der Waals surface area (Å²) in [5, 5.41) is 17.5. The van der Waals surface area contributed by atoms with Gasteiger partial charge in [-0.15, -0.1) is 0 Å². The van der Waals surface area contributed by atoms with Crippen molar-refractivity contribution >= 4 is 12.0 Å². The van der Waals surface area contributed by atoms with Gasteiger partial charge in [-0.1, -0.05) is 6.07 Å². The van der Waals surface area contributed by atoms with Gasteiger partial charge in [0.05, 0.1) is 13.2 Å². The van der Waals surface area contributed by atoms with Crippen LogP contribution < -0.4 is 9.47 Å². The molecule has 0 saturated heterocycles. The maximum absolute atomic E-state index is 11.3. The topological polar surface area (TPSA) is 92.3 Å². The lowest BCUT2D eigenvalue weighted by Crippen LogP contribution is -2.15. The van der Waals surface area contributed by atoms with Crippen molar-refractivity contribution < 1.29 is 19.0 Å². The van der Waals surface area contributed by atoms with Gasteiger partial charge in [0.25, 0.3) is 0 Å². The first-order valence-electron chi connectivity index (χ1n) is 6.71. The van der Waals surface area contributed by atoms with Crippen molar-refractivity contribution in [3.05, 3.63) is 29.3 Å². The summed E-state index contributed by atoms with van der Waals surface area (Å²) in [6, 6.07) is 8.49. The van der Waals surface area contributed by atoms with Gasteiger partial charge in [-0.05, 0) is 37.6 Å². The zero-order valence-corrected chi connectivity index (χ0v) is 12.5. The fraction of sp³-hybridized carbons (Fsp3) is 0.312. The highest BCUT2D eigenvalue weighted by atomic mass is 16.6. The molecular weight excluding hydrogens is 284 g/mol. The van der Waals surface area contributed by atoms with E-state index < -0.39 is 5.97 Å². The van der Waals surface area contributed by atoms with Gasteiger partial charge in [0.1, 0.15) is 17.7 Å². The van der Waals surface area contributed by atoms with Crippen molar-refractivity contribution in [2.24, 2.45) is 0 Å². The molecule has 0 amide bonds. The van der Waals surface area contributed by atoms with Crippen molar-refractivity contribution in [1.82, 2.24) is 0 Å². The normalized spacial score (nSPS) is 9.09. The van der Waals surface area contributed by atoms with Crippen LogP contribution in [0.2, 0.25) is 0 Å². The molecule has 1 aromatic carbocycles. The molecule has 0 aliphatic rings. The van der Waals surface area contributed by atoms with Gasteiger partial charge >= 0.3 is 5.97 Å². The van der Waals surface area contributed by atoms with E-state index in [1.165, 1.54) is 6.08 Å². The van der Waals surface area contributed by atoms with Gasteiger partial charge in [-0.2, -0.15) is 10.5 Å². The molecule has 0 unspecified atom stereocenters.